The molecule has 0 unspecified atom stereocenters. The van der Waals surface area contributed by atoms with Gasteiger partial charge in [-0.05, 0) is 13.0 Å². The third-order valence-corrected chi connectivity index (χ3v) is 2.71. The zero-order valence-corrected chi connectivity index (χ0v) is 11.4. The number of ether oxygens (including phenoxy) is 1. The van der Waals surface area contributed by atoms with Gasteiger partial charge in [-0.25, -0.2) is 4.79 Å². The zero-order chi connectivity index (χ0) is 16.4. The third kappa shape index (κ3) is 3.83. The van der Waals surface area contributed by atoms with Crippen molar-refractivity contribution in [1.29, 1.82) is 0 Å². The predicted molar refractivity (Wildman–Crippen MR) is 64.7 cm³/mol. The first-order valence-corrected chi connectivity index (χ1v) is 5.74. The molecule has 0 spiro atoms. The lowest BCUT2D eigenvalue weighted by Gasteiger charge is -2.16. The van der Waals surface area contributed by atoms with E-state index in [1.165, 1.54) is 11.6 Å². The average molecular weight is 306 g/mol. The molecule has 116 valence electrons. The minimum atomic E-state index is -4.65. The maximum Gasteiger partial charge on any atom is 0.408 e. The van der Waals surface area contributed by atoms with Crippen molar-refractivity contribution in [3.05, 3.63) is 23.5 Å². The minimum Gasteiger partial charge on any atom is -0.464 e. The highest BCUT2D eigenvalue weighted by atomic mass is 19.4. The number of hydrogen-bond donors (Lipinski definition) is 1. The number of hydrogen-bond acceptors (Lipinski definition) is 4. The number of halogens is 3. The van der Waals surface area contributed by atoms with Gasteiger partial charge in [0.2, 0.25) is 0 Å². The fourth-order valence-corrected chi connectivity index (χ4v) is 1.47. The highest BCUT2D eigenvalue weighted by molar-refractivity contribution is 6.43. The summed E-state index contributed by atoms with van der Waals surface area (Å²) in [5.41, 5.74) is -0.206. The Kier molecular flexibility index (Phi) is 4.77. The Morgan fingerprint density at radius 2 is 1.90 bits per heavy atom. The van der Waals surface area contributed by atoms with E-state index in [1.807, 2.05) is 0 Å². The summed E-state index contributed by atoms with van der Waals surface area (Å²) in [7, 11) is 2.56. The number of carbonyl (C=O) groups is 3. The molecule has 1 aromatic heterocycles. The Balaban J connectivity index is 2.89. The smallest absolute Gasteiger partial charge is 0.408 e. The van der Waals surface area contributed by atoms with Crippen LogP contribution >= 0.6 is 0 Å². The van der Waals surface area contributed by atoms with Crippen LogP contribution in [0.1, 0.15) is 27.8 Å². The Hall–Kier alpha value is -2.32. The second kappa shape index (κ2) is 5.98. The maximum absolute atomic E-state index is 12.3. The normalized spacial score (nSPS) is 12.7. The molecule has 1 N–H and O–H groups in total. The van der Waals surface area contributed by atoms with Crippen LogP contribution in [-0.2, 0) is 16.6 Å². The van der Waals surface area contributed by atoms with Gasteiger partial charge in [-0.3, -0.25) is 9.59 Å². The van der Waals surface area contributed by atoms with Crippen molar-refractivity contribution in [2.24, 2.45) is 7.05 Å². The Labute approximate surface area is 117 Å². The number of alkyl halides is 3. The molecule has 9 heteroatoms. The first kappa shape index (κ1) is 16.7. The third-order valence-electron chi connectivity index (χ3n) is 2.71. The highest BCUT2D eigenvalue weighted by Crippen LogP contribution is 2.19. The van der Waals surface area contributed by atoms with Gasteiger partial charge in [0.25, 0.3) is 11.7 Å². The minimum absolute atomic E-state index is 0.00230. The molecule has 0 aliphatic heterocycles. The quantitative estimate of drug-likeness (QED) is 0.512. The van der Waals surface area contributed by atoms with Crippen LogP contribution in [0.15, 0.2) is 12.3 Å². The molecule has 1 rings (SSSR count). The fraction of sp³-hybridized carbons (Fsp3) is 0.417. The van der Waals surface area contributed by atoms with Crippen molar-refractivity contribution >= 4 is 17.7 Å². The molecule has 0 fully saturated rings. The van der Waals surface area contributed by atoms with Crippen molar-refractivity contribution in [3.8, 4) is 0 Å². The van der Waals surface area contributed by atoms with Crippen LogP contribution in [0.3, 0.4) is 0 Å². The molecule has 0 radical (unpaired) electrons. The van der Waals surface area contributed by atoms with Crippen molar-refractivity contribution in [3.63, 3.8) is 0 Å². The fourth-order valence-electron chi connectivity index (χ4n) is 1.47. The Morgan fingerprint density at radius 3 is 2.38 bits per heavy atom. The summed E-state index contributed by atoms with van der Waals surface area (Å²) >= 11 is 0. The Bertz CT molecular complexity index is 578. The number of ketones is 1. The molecule has 0 aromatic carbocycles. The van der Waals surface area contributed by atoms with E-state index in [9.17, 15) is 27.6 Å². The number of Topliss-reactive ketones (excluding diaryl/α,β-unsaturated/α-hetero) is 1. The van der Waals surface area contributed by atoms with E-state index in [1.54, 1.807) is 5.32 Å². The van der Waals surface area contributed by atoms with E-state index in [0.29, 0.717) is 0 Å². The number of rotatable bonds is 4. The average Bonchev–Trinajstić information content (AvgIpc) is 2.77. The van der Waals surface area contributed by atoms with E-state index in [0.717, 1.165) is 26.3 Å². The number of nitrogens with zero attached hydrogens (tertiary/aromatic N) is 1. The van der Waals surface area contributed by atoms with E-state index >= 15 is 0 Å². The van der Waals surface area contributed by atoms with Gasteiger partial charge in [-0.15, -0.1) is 0 Å². The summed E-state index contributed by atoms with van der Waals surface area (Å²) in [6, 6.07) is -1.08. The molecule has 0 saturated carbocycles. The topological polar surface area (TPSA) is 77.4 Å². The lowest BCUT2D eigenvalue weighted by atomic mass is 10.2. The number of nitrogens with one attached hydrogen (secondary N) is 1. The summed E-state index contributed by atoms with van der Waals surface area (Å²) < 4.78 is 42.6. The summed E-state index contributed by atoms with van der Waals surface area (Å²) in [6.07, 6.45) is -3.49. The first-order chi connectivity index (χ1) is 9.57. The van der Waals surface area contributed by atoms with E-state index in [4.69, 9.17) is 0 Å². The molecule has 0 aliphatic rings. The lowest BCUT2D eigenvalue weighted by molar-refractivity contribution is -0.156. The molecule has 0 aliphatic carbocycles. The van der Waals surface area contributed by atoms with Gasteiger partial charge < -0.3 is 14.6 Å². The molecule has 0 saturated heterocycles. The number of amides is 1. The van der Waals surface area contributed by atoms with Gasteiger partial charge >= 0.3 is 12.1 Å². The molecule has 0 bridgehead atoms. The van der Waals surface area contributed by atoms with Crippen LogP contribution in [0.5, 0.6) is 0 Å². The number of methoxy groups -OCH3 is 1. The first-order valence-electron chi connectivity index (χ1n) is 5.74. The molecule has 1 amide bonds. The summed E-state index contributed by atoms with van der Waals surface area (Å²) in [5.74, 6) is -3.31. The predicted octanol–water partition coefficient (Wildman–Crippen LogP) is 1.06. The molecular formula is C12H13F3N2O4. The number of carbonyl (C=O) groups excluding carboxylic acids is 3. The van der Waals surface area contributed by atoms with Crippen LogP contribution < -0.4 is 5.32 Å². The van der Waals surface area contributed by atoms with Crippen molar-refractivity contribution < 1.29 is 32.3 Å². The summed E-state index contributed by atoms with van der Waals surface area (Å²) in [6.45, 7) is 0.718. The van der Waals surface area contributed by atoms with Crippen LogP contribution in [0.4, 0.5) is 13.2 Å². The Morgan fingerprint density at radius 1 is 1.33 bits per heavy atom. The van der Waals surface area contributed by atoms with Crippen LogP contribution in [-0.4, -0.2) is 41.6 Å². The van der Waals surface area contributed by atoms with Gasteiger partial charge in [0.15, 0.2) is 0 Å². The summed E-state index contributed by atoms with van der Waals surface area (Å²) in [4.78, 5) is 34.6. The van der Waals surface area contributed by atoms with Crippen LogP contribution in [0, 0.1) is 0 Å². The highest BCUT2D eigenvalue weighted by Gasteiger charge is 2.38. The second-order valence-electron chi connectivity index (χ2n) is 4.28. The monoisotopic (exact) mass is 306 g/mol. The number of aromatic nitrogens is 1. The maximum atomic E-state index is 12.3. The zero-order valence-electron chi connectivity index (χ0n) is 11.4. The number of esters is 1. The van der Waals surface area contributed by atoms with Gasteiger partial charge in [-0.2, -0.15) is 13.2 Å². The number of aryl methyl sites for hydroxylation is 1. The van der Waals surface area contributed by atoms with Crippen LogP contribution in [0.25, 0.3) is 0 Å². The molecule has 1 heterocycles. The largest absolute Gasteiger partial charge is 0.464 e. The van der Waals surface area contributed by atoms with Crippen molar-refractivity contribution in [1.82, 2.24) is 9.88 Å². The van der Waals surface area contributed by atoms with E-state index in [2.05, 4.69) is 4.74 Å². The lowest BCUT2D eigenvalue weighted by Crippen LogP contribution is -2.45. The SMILES string of the molecule is COC(=O)c1cc(C(=O)C(=O)N[C@H](C)C(F)(F)F)cn1C. The summed E-state index contributed by atoms with van der Waals surface area (Å²) in [5, 5.41) is 1.55. The molecule has 1 atom stereocenters. The van der Waals surface area contributed by atoms with Crippen LogP contribution in [0.2, 0.25) is 0 Å². The van der Waals surface area contributed by atoms with Crippen molar-refractivity contribution in [2.45, 2.75) is 19.1 Å². The molecule has 1 aromatic rings. The standard InChI is InChI=1S/C12H13F3N2O4/c1-6(12(13,14)15)16-10(19)9(18)7-4-8(11(20)21-3)17(2)5-7/h4-6H,1-3H3,(H,16,19)/t6-/m1/s1. The van der Waals surface area contributed by atoms with Gasteiger partial charge in [0.05, 0.1) is 7.11 Å². The molecule has 6 nitrogen and oxygen atoms in total. The van der Waals surface area contributed by atoms with Gasteiger partial charge in [0, 0.05) is 18.8 Å². The van der Waals surface area contributed by atoms with E-state index < -0.39 is 29.9 Å². The van der Waals surface area contributed by atoms with E-state index in [-0.39, 0.29) is 11.3 Å². The van der Waals surface area contributed by atoms with Crippen molar-refractivity contribution in [2.75, 3.05) is 7.11 Å². The molecule has 21 heavy (non-hydrogen) atoms. The molecular weight excluding hydrogens is 293 g/mol. The second-order valence-corrected chi connectivity index (χ2v) is 4.28. The van der Waals surface area contributed by atoms with Gasteiger partial charge in [0.1, 0.15) is 11.7 Å². The van der Waals surface area contributed by atoms with Gasteiger partial charge in [-0.1, -0.05) is 0 Å².